The lowest BCUT2D eigenvalue weighted by Crippen LogP contribution is -2.33. The summed E-state index contributed by atoms with van der Waals surface area (Å²) in [5.74, 6) is 1.10. The second-order valence-electron chi connectivity index (χ2n) is 5.73. The van der Waals surface area contributed by atoms with E-state index in [1.807, 2.05) is 0 Å². The third kappa shape index (κ3) is 1.65. The van der Waals surface area contributed by atoms with Crippen molar-refractivity contribution in [2.45, 2.75) is 44.9 Å². The summed E-state index contributed by atoms with van der Waals surface area (Å²) in [6, 6.07) is 4.37. The maximum atomic E-state index is 6.02. The van der Waals surface area contributed by atoms with Crippen molar-refractivity contribution in [3.8, 4) is 0 Å². The van der Waals surface area contributed by atoms with Gasteiger partial charge in [0.1, 0.15) is 5.82 Å². The van der Waals surface area contributed by atoms with Gasteiger partial charge in [-0.15, -0.1) is 0 Å². The Labute approximate surface area is 108 Å². The van der Waals surface area contributed by atoms with Crippen LogP contribution >= 0.6 is 0 Å². The normalized spacial score (nSPS) is 18.6. The molecule has 1 aliphatic carbocycles. The van der Waals surface area contributed by atoms with Crippen LogP contribution in [0.15, 0.2) is 12.1 Å². The van der Waals surface area contributed by atoms with E-state index in [4.69, 9.17) is 10.7 Å². The number of aryl methyl sites for hydroxylation is 2. The number of H-pyrrole nitrogens is 1. The molecule has 0 spiro atoms. The van der Waals surface area contributed by atoms with Crippen molar-refractivity contribution < 1.29 is 0 Å². The van der Waals surface area contributed by atoms with Gasteiger partial charge in [0.05, 0.1) is 11.0 Å². The van der Waals surface area contributed by atoms with Crippen molar-refractivity contribution in [1.29, 1.82) is 0 Å². The van der Waals surface area contributed by atoms with E-state index < -0.39 is 0 Å². The Morgan fingerprint density at radius 3 is 2.56 bits per heavy atom. The summed E-state index contributed by atoms with van der Waals surface area (Å²) in [6.07, 6.45) is 4.88. The van der Waals surface area contributed by atoms with Crippen molar-refractivity contribution in [3.05, 3.63) is 29.1 Å². The average Bonchev–Trinajstić information content (AvgIpc) is 2.96. The number of rotatable bonds is 2. The van der Waals surface area contributed by atoms with Gasteiger partial charge in [0.15, 0.2) is 0 Å². The minimum Gasteiger partial charge on any atom is -0.341 e. The molecule has 18 heavy (non-hydrogen) atoms. The summed E-state index contributed by atoms with van der Waals surface area (Å²) in [7, 11) is 0. The van der Waals surface area contributed by atoms with E-state index in [9.17, 15) is 0 Å². The van der Waals surface area contributed by atoms with Gasteiger partial charge in [-0.05, 0) is 49.9 Å². The van der Waals surface area contributed by atoms with Gasteiger partial charge >= 0.3 is 0 Å². The molecular formula is C15H21N3. The van der Waals surface area contributed by atoms with Crippen LogP contribution in [0.25, 0.3) is 11.0 Å². The molecule has 1 aromatic carbocycles. The van der Waals surface area contributed by atoms with Crippen LogP contribution in [0.3, 0.4) is 0 Å². The van der Waals surface area contributed by atoms with Crippen LogP contribution in [0.4, 0.5) is 0 Å². The molecule has 1 aromatic heterocycles. The number of nitrogens with two attached hydrogens (primary N) is 1. The molecule has 1 heterocycles. The molecule has 3 rings (SSSR count). The first-order chi connectivity index (χ1) is 8.64. The second kappa shape index (κ2) is 4.09. The zero-order chi connectivity index (χ0) is 12.8. The molecule has 0 saturated heterocycles. The number of fused-ring (bicyclic) bond motifs is 1. The summed E-state index contributed by atoms with van der Waals surface area (Å²) in [5, 5.41) is 0. The first-order valence-corrected chi connectivity index (χ1v) is 6.82. The molecule has 1 fully saturated rings. The third-order valence-corrected chi connectivity index (χ3v) is 4.55. The summed E-state index contributed by atoms with van der Waals surface area (Å²) < 4.78 is 0. The maximum absolute atomic E-state index is 6.02. The summed E-state index contributed by atoms with van der Waals surface area (Å²) >= 11 is 0. The number of benzene rings is 1. The van der Waals surface area contributed by atoms with Gasteiger partial charge in [0.2, 0.25) is 0 Å². The number of nitrogens with one attached hydrogen (secondary N) is 1. The zero-order valence-electron chi connectivity index (χ0n) is 11.2. The highest BCUT2D eigenvalue weighted by molar-refractivity contribution is 5.77. The monoisotopic (exact) mass is 243 g/mol. The van der Waals surface area contributed by atoms with Crippen LogP contribution in [0.1, 0.15) is 42.6 Å². The summed E-state index contributed by atoms with van der Waals surface area (Å²) in [5.41, 5.74) is 11.0. The van der Waals surface area contributed by atoms with Crippen molar-refractivity contribution in [3.63, 3.8) is 0 Å². The number of aromatic amines is 1. The minimum atomic E-state index is 0.0980. The third-order valence-electron chi connectivity index (χ3n) is 4.55. The molecule has 1 aliphatic rings. The molecule has 2 aromatic rings. The number of aromatic nitrogens is 2. The molecule has 0 aliphatic heterocycles. The van der Waals surface area contributed by atoms with Crippen molar-refractivity contribution in [2.24, 2.45) is 5.73 Å². The van der Waals surface area contributed by atoms with Crippen molar-refractivity contribution in [1.82, 2.24) is 9.97 Å². The molecule has 0 atom stereocenters. The van der Waals surface area contributed by atoms with Gasteiger partial charge in [-0.2, -0.15) is 0 Å². The topological polar surface area (TPSA) is 54.7 Å². The summed E-state index contributed by atoms with van der Waals surface area (Å²) in [4.78, 5) is 8.31. The molecule has 3 heteroatoms. The lowest BCUT2D eigenvalue weighted by Gasteiger charge is -2.24. The molecule has 0 unspecified atom stereocenters. The molecule has 96 valence electrons. The highest BCUT2D eigenvalue weighted by atomic mass is 15.0. The van der Waals surface area contributed by atoms with Gasteiger partial charge in [-0.3, -0.25) is 0 Å². The quantitative estimate of drug-likeness (QED) is 0.852. The van der Waals surface area contributed by atoms with E-state index in [0.717, 1.165) is 16.9 Å². The fourth-order valence-corrected chi connectivity index (χ4v) is 3.11. The van der Waals surface area contributed by atoms with E-state index >= 15 is 0 Å². The van der Waals surface area contributed by atoms with Crippen molar-refractivity contribution in [2.75, 3.05) is 6.54 Å². The second-order valence-corrected chi connectivity index (χ2v) is 5.73. The fraction of sp³-hybridized carbons (Fsp3) is 0.533. The minimum absolute atomic E-state index is 0.0980. The van der Waals surface area contributed by atoms with Crippen LogP contribution in [0.2, 0.25) is 0 Å². The number of imidazole rings is 1. The van der Waals surface area contributed by atoms with Crippen LogP contribution in [-0.2, 0) is 5.41 Å². The Balaban J connectivity index is 2.13. The molecule has 0 radical (unpaired) electrons. The molecule has 1 saturated carbocycles. The van der Waals surface area contributed by atoms with Gasteiger partial charge in [0, 0.05) is 12.0 Å². The number of hydrogen-bond acceptors (Lipinski definition) is 2. The van der Waals surface area contributed by atoms with Crippen LogP contribution in [0, 0.1) is 13.8 Å². The average molecular weight is 243 g/mol. The Morgan fingerprint density at radius 2 is 1.89 bits per heavy atom. The SMILES string of the molecule is Cc1cc2nc(C3(CN)CCCC3)[nH]c2cc1C. The standard InChI is InChI=1S/C15H21N3/c1-10-7-12-13(8-11(10)2)18-14(17-12)15(9-16)5-3-4-6-15/h7-8H,3-6,9,16H2,1-2H3,(H,17,18). The van der Waals surface area contributed by atoms with Gasteiger partial charge in [-0.1, -0.05) is 12.8 Å². The van der Waals surface area contributed by atoms with E-state index in [-0.39, 0.29) is 5.41 Å². The lowest BCUT2D eigenvalue weighted by atomic mass is 9.85. The molecule has 3 N–H and O–H groups in total. The first kappa shape index (κ1) is 11.7. The predicted molar refractivity (Wildman–Crippen MR) is 74.8 cm³/mol. The van der Waals surface area contributed by atoms with Crippen LogP contribution in [0.5, 0.6) is 0 Å². The fourth-order valence-electron chi connectivity index (χ4n) is 3.11. The van der Waals surface area contributed by atoms with Gasteiger partial charge < -0.3 is 10.7 Å². The molecular weight excluding hydrogens is 222 g/mol. The van der Waals surface area contributed by atoms with Crippen LogP contribution in [-0.4, -0.2) is 16.5 Å². The van der Waals surface area contributed by atoms with Crippen LogP contribution < -0.4 is 5.73 Å². The predicted octanol–water partition coefficient (Wildman–Crippen LogP) is 2.95. The Kier molecular flexibility index (Phi) is 2.67. The van der Waals surface area contributed by atoms with Gasteiger partial charge in [-0.25, -0.2) is 4.98 Å². The molecule has 0 bridgehead atoms. The maximum Gasteiger partial charge on any atom is 0.114 e. The van der Waals surface area contributed by atoms with E-state index in [0.29, 0.717) is 6.54 Å². The van der Waals surface area contributed by atoms with E-state index in [1.54, 1.807) is 0 Å². The van der Waals surface area contributed by atoms with Crippen molar-refractivity contribution >= 4 is 11.0 Å². The number of hydrogen-bond donors (Lipinski definition) is 2. The van der Waals surface area contributed by atoms with Gasteiger partial charge in [0.25, 0.3) is 0 Å². The number of nitrogens with zero attached hydrogens (tertiary/aromatic N) is 1. The largest absolute Gasteiger partial charge is 0.341 e. The highest BCUT2D eigenvalue weighted by Gasteiger charge is 2.37. The Morgan fingerprint density at radius 1 is 1.22 bits per heavy atom. The highest BCUT2D eigenvalue weighted by Crippen LogP contribution is 2.39. The molecule has 3 nitrogen and oxygen atoms in total. The molecule has 0 amide bonds. The Hall–Kier alpha value is -1.35. The lowest BCUT2D eigenvalue weighted by molar-refractivity contribution is 0.430. The zero-order valence-corrected chi connectivity index (χ0v) is 11.2. The van der Waals surface area contributed by atoms with E-state index in [1.165, 1.54) is 36.8 Å². The first-order valence-electron chi connectivity index (χ1n) is 6.82. The Bertz CT molecular complexity index is 538. The summed E-state index contributed by atoms with van der Waals surface area (Å²) in [6.45, 7) is 4.98. The smallest absolute Gasteiger partial charge is 0.114 e. The van der Waals surface area contributed by atoms with E-state index in [2.05, 4.69) is 31.0 Å².